The highest BCUT2D eigenvalue weighted by molar-refractivity contribution is 7.92. The Labute approximate surface area is 231 Å². The van der Waals surface area contributed by atoms with Crippen LogP contribution in [0.3, 0.4) is 0 Å². The molecule has 0 bridgehead atoms. The van der Waals surface area contributed by atoms with E-state index < -0.39 is 28.1 Å². The molecular weight excluding hydrogens is 553 g/mol. The van der Waals surface area contributed by atoms with Gasteiger partial charge in [0.05, 0.1) is 34.9 Å². The predicted octanol–water partition coefficient (Wildman–Crippen LogP) is 4.49. The first-order chi connectivity index (χ1) is 17.8. The second-order valence-corrected chi connectivity index (χ2v) is 12.7. The van der Waals surface area contributed by atoms with Crippen LogP contribution in [0.25, 0.3) is 10.9 Å². The van der Waals surface area contributed by atoms with Gasteiger partial charge in [0.25, 0.3) is 15.9 Å². The van der Waals surface area contributed by atoms with E-state index in [0.29, 0.717) is 42.8 Å². The number of aryl methyl sites for hydroxylation is 1. The monoisotopic (exact) mass is 581 g/mol. The van der Waals surface area contributed by atoms with Gasteiger partial charge in [0, 0.05) is 41.8 Å². The number of aromatic nitrogens is 1. The number of morpholine rings is 1. The predicted molar refractivity (Wildman–Crippen MR) is 146 cm³/mol. The average Bonchev–Trinajstić information content (AvgIpc) is 3.16. The first kappa shape index (κ1) is 28.2. The van der Waals surface area contributed by atoms with Gasteiger partial charge in [-0.3, -0.25) is 13.9 Å². The number of hydrogen-bond donors (Lipinski definition) is 0. The Morgan fingerprint density at radius 2 is 1.68 bits per heavy atom. The first-order valence-corrected chi connectivity index (χ1v) is 14.1. The summed E-state index contributed by atoms with van der Waals surface area (Å²) in [6, 6.07) is 8.83. The van der Waals surface area contributed by atoms with Crippen LogP contribution in [-0.2, 0) is 31.3 Å². The summed E-state index contributed by atoms with van der Waals surface area (Å²) in [5.41, 5.74) is 0.515. The van der Waals surface area contributed by atoms with Crippen molar-refractivity contribution < 1.29 is 27.5 Å². The van der Waals surface area contributed by atoms with Crippen LogP contribution in [0.4, 0.5) is 5.69 Å². The van der Waals surface area contributed by atoms with Crippen LogP contribution in [0, 0.1) is 0 Å². The van der Waals surface area contributed by atoms with Crippen molar-refractivity contribution in [1.82, 2.24) is 9.47 Å². The highest BCUT2D eigenvalue weighted by Crippen LogP contribution is 2.32. The van der Waals surface area contributed by atoms with Crippen molar-refractivity contribution in [3.05, 3.63) is 58.2 Å². The van der Waals surface area contributed by atoms with Crippen LogP contribution in [0.1, 0.15) is 31.1 Å². The summed E-state index contributed by atoms with van der Waals surface area (Å²) in [6.07, 6.45) is 1.72. The molecule has 1 saturated heterocycles. The molecule has 38 heavy (non-hydrogen) atoms. The summed E-state index contributed by atoms with van der Waals surface area (Å²) in [5.74, 6) is -0.859. The van der Waals surface area contributed by atoms with Crippen LogP contribution in [-0.4, -0.2) is 68.2 Å². The van der Waals surface area contributed by atoms with Gasteiger partial charge in [-0.15, -0.1) is 0 Å². The van der Waals surface area contributed by atoms with Gasteiger partial charge in [-0.1, -0.05) is 23.2 Å². The molecule has 1 amide bonds. The zero-order valence-corrected chi connectivity index (χ0v) is 23.9. The number of fused-ring (bicyclic) bond motifs is 1. The second kappa shape index (κ2) is 10.8. The highest BCUT2D eigenvalue weighted by Gasteiger charge is 2.31. The van der Waals surface area contributed by atoms with E-state index in [2.05, 4.69) is 0 Å². The molecule has 12 heteroatoms. The number of nitrogens with zero attached hydrogens (tertiary/aromatic N) is 3. The van der Waals surface area contributed by atoms with E-state index in [9.17, 15) is 18.0 Å². The molecule has 1 aliphatic rings. The van der Waals surface area contributed by atoms with Crippen molar-refractivity contribution in [2.45, 2.75) is 31.3 Å². The maximum atomic E-state index is 13.8. The second-order valence-electron chi connectivity index (χ2n) is 9.96. The Bertz CT molecular complexity index is 1470. The van der Waals surface area contributed by atoms with E-state index >= 15 is 0 Å². The molecule has 9 nitrogen and oxygen atoms in total. The number of benzene rings is 2. The number of carbonyl (C=O) groups excluding carboxylic acids is 2. The molecule has 2 heterocycles. The average molecular weight is 583 g/mol. The molecule has 0 saturated carbocycles. The van der Waals surface area contributed by atoms with Gasteiger partial charge < -0.3 is 18.9 Å². The first-order valence-electron chi connectivity index (χ1n) is 11.9. The van der Waals surface area contributed by atoms with Crippen molar-refractivity contribution in [3.63, 3.8) is 0 Å². The molecule has 1 aromatic heterocycles. The summed E-state index contributed by atoms with van der Waals surface area (Å²) in [4.78, 5) is 27.6. The number of carbonyl (C=O) groups is 2. The quantitative estimate of drug-likeness (QED) is 0.398. The largest absolute Gasteiger partial charge is 0.459 e. The van der Waals surface area contributed by atoms with E-state index in [1.807, 2.05) is 0 Å². The third-order valence-corrected chi connectivity index (χ3v) is 8.10. The third-order valence-electron chi connectivity index (χ3n) is 5.91. The van der Waals surface area contributed by atoms with E-state index in [1.54, 1.807) is 61.7 Å². The zero-order chi connectivity index (χ0) is 27.8. The van der Waals surface area contributed by atoms with Gasteiger partial charge >= 0.3 is 5.97 Å². The van der Waals surface area contributed by atoms with Crippen molar-refractivity contribution in [2.75, 3.05) is 37.2 Å². The minimum Gasteiger partial charge on any atom is -0.459 e. The van der Waals surface area contributed by atoms with Gasteiger partial charge in [-0.05, 0) is 57.2 Å². The molecule has 0 spiro atoms. The molecular formula is C26H29Cl2N3O6S. The Balaban J connectivity index is 1.79. The van der Waals surface area contributed by atoms with Gasteiger partial charge in [0.15, 0.2) is 0 Å². The molecule has 4 rings (SSSR count). The fraction of sp³-hybridized carbons (Fsp3) is 0.385. The molecule has 0 N–H and O–H groups in total. The normalized spacial score (nSPS) is 14.5. The van der Waals surface area contributed by atoms with Crippen molar-refractivity contribution in [3.8, 4) is 0 Å². The van der Waals surface area contributed by atoms with Crippen molar-refractivity contribution in [1.29, 1.82) is 0 Å². The number of rotatable bonds is 6. The Morgan fingerprint density at radius 1 is 1.05 bits per heavy atom. The lowest BCUT2D eigenvalue weighted by Gasteiger charge is -2.27. The highest BCUT2D eigenvalue weighted by atomic mass is 35.5. The fourth-order valence-electron chi connectivity index (χ4n) is 4.25. The van der Waals surface area contributed by atoms with Crippen LogP contribution in [0.5, 0.6) is 0 Å². The number of halogens is 2. The number of esters is 1. The molecule has 204 valence electrons. The lowest BCUT2D eigenvalue weighted by atomic mass is 10.1. The SMILES string of the molecule is Cn1cc(C(=O)N2CCOCC2)c2ccc(N(CC(=O)OC(C)(C)C)S(=O)(=O)c3cc(Cl)cc(Cl)c3)cc21. The summed E-state index contributed by atoms with van der Waals surface area (Å²) >= 11 is 12.2. The fourth-order valence-corrected chi connectivity index (χ4v) is 6.37. The zero-order valence-electron chi connectivity index (χ0n) is 21.5. The molecule has 0 atom stereocenters. The van der Waals surface area contributed by atoms with E-state index in [0.717, 1.165) is 4.31 Å². The molecule has 1 aliphatic heterocycles. The lowest BCUT2D eigenvalue weighted by Crippen LogP contribution is -2.40. The number of hydrogen-bond acceptors (Lipinski definition) is 6. The molecule has 1 fully saturated rings. The molecule has 2 aromatic carbocycles. The number of sulfonamides is 1. The number of ether oxygens (including phenoxy) is 2. The van der Waals surface area contributed by atoms with Crippen LogP contribution in [0.2, 0.25) is 10.0 Å². The van der Waals surface area contributed by atoms with E-state index in [1.165, 1.54) is 18.2 Å². The van der Waals surface area contributed by atoms with Crippen molar-refractivity contribution in [2.24, 2.45) is 7.05 Å². The Hall–Kier alpha value is -2.79. The van der Waals surface area contributed by atoms with Gasteiger partial charge in [0.1, 0.15) is 12.1 Å². The van der Waals surface area contributed by atoms with Gasteiger partial charge in [-0.25, -0.2) is 8.42 Å². The molecule has 3 aromatic rings. The standard InChI is InChI=1S/C26H29Cl2N3O6S/c1-26(2,3)37-24(32)16-31(38(34,35)20-12-17(27)11-18(28)13-20)19-5-6-21-22(15-29(4)23(21)14-19)25(33)30-7-9-36-10-8-30/h5-6,11-15H,7-10,16H2,1-4H3. The summed E-state index contributed by atoms with van der Waals surface area (Å²) in [5, 5.41) is 0.933. The maximum Gasteiger partial charge on any atom is 0.327 e. The van der Waals surface area contributed by atoms with Crippen molar-refractivity contribution >= 4 is 61.7 Å². The molecule has 0 radical (unpaired) electrons. The minimum absolute atomic E-state index is 0.126. The van der Waals surface area contributed by atoms with Crippen LogP contribution < -0.4 is 4.31 Å². The maximum absolute atomic E-state index is 13.8. The summed E-state index contributed by atoms with van der Waals surface area (Å²) < 4.78 is 41.1. The van der Waals surface area contributed by atoms with E-state index in [4.69, 9.17) is 32.7 Å². The smallest absolute Gasteiger partial charge is 0.327 e. The third kappa shape index (κ3) is 6.09. The topological polar surface area (TPSA) is 98.2 Å². The lowest BCUT2D eigenvalue weighted by molar-refractivity contribution is -0.152. The summed E-state index contributed by atoms with van der Waals surface area (Å²) in [6.45, 7) is 6.46. The van der Waals surface area contributed by atoms with Gasteiger partial charge in [0.2, 0.25) is 0 Å². The number of anilines is 1. The summed E-state index contributed by atoms with van der Waals surface area (Å²) in [7, 11) is -2.52. The van der Waals surface area contributed by atoms with Gasteiger partial charge in [-0.2, -0.15) is 0 Å². The Morgan fingerprint density at radius 3 is 2.29 bits per heavy atom. The minimum atomic E-state index is -4.29. The molecule has 0 aliphatic carbocycles. The van der Waals surface area contributed by atoms with Crippen LogP contribution in [0.15, 0.2) is 47.5 Å². The van der Waals surface area contributed by atoms with E-state index in [-0.39, 0.29) is 26.5 Å². The molecule has 0 unspecified atom stereocenters. The van der Waals surface area contributed by atoms with Crippen LogP contribution >= 0.6 is 23.2 Å². The Kier molecular flexibility index (Phi) is 7.99. The number of amides is 1.